The second kappa shape index (κ2) is 13.8. The van der Waals surface area contributed by atoms with Gasteiger partial charge in [-0.1, -0.05) is 12.1 Å². The number of ether oxygens (including phenoxy) is 4. The molecule has 1 amide bonds. The van der Waals surface area contributed by atoms with Crippen molar-refractivity contribution < 1.29 is 43.5 Å². The van der Waals surface area contributed by atoms with Gasteiger partial charge in [-0.05, 0) is 30.7 Å². The zero-order valence-corrected chi connectivity index (χ0v) is 20.9. The van der Waals surface area contributed by atoms with E-state index < -0.39 is 11.9 Å². The molecule has 0 spiro atoms. The number of aliphatic carboxylic acids is 2. The maximum atomic E-state index is 12.5. The number of aryl methyl sites for hydroxylation is 1. The van der Waals surface area contributed by atoms with Gasteiger partial charge in [0, 0.05) is 44.4 Å². The van der Waals surface area contributed by atoms with Crippen LogP contribution in [-0.4, -0.2) is 92.0 Å². The largest absolute Gasteiger partial charge is 0.496 e. The molecule has 0 aromatic heterocycles. The minimum atomic E-state index is -1.82. The number of carbonyl (C=O) groups excluding carboxylic acids is 1. The molecule has 11 nitrogen and oxygen atoms in total. The lowest BCUT2D eigenvalue weighted by atomic mass is 10.1. The average molecular weight is 505 g/mol. The van der Waals surface area contributed by atoms with Crippen molar-refractivity contribution in [1.29, 1.82) is 0 Å². The highest BCUT2D eigenvalue weighted by Crippen LogP contribution is 2.35. The summed E-state index contributed by atoms with van der Waals surface area (Å²) in [5.41, 5.74) is 2.14. The molecule has 2 aromatic carbocycles. The number of benzene rings is 2. The molecule has 1 heterocycles. The van der Waals surface area contributed by atoms with Crippen LogP contribution in [0.3, 0.4) is 0 Å². The summed E-state index contributed by atoms with van der Waals surface area (Å²) in [6.45, 7) is 5.69. The zero-order chi connectivity index (χ0) is 26.7. The van der Waals surface area contributed by atoms with Gasteiger partial charge in [-0.2, -0.15) is 0 Å². The summed E-state index contributed by atoms with van der Waals surface area (Å²) in [5, 5.41) is 14.8. The second-order valence-corrected chi connectivity index (χ2v) is 7.89. The van der Waals surface area contributed by atoms with Crippen molar-refractivity contribution in [3.05, 3.63) is 47.5 Å². The van der Waals surface area contributed by atoms with Gasteiger partial charge in [-0.25, -0.2) is 9.59 Å². The van der Waals surface area contributed by atoms with E-state index in [-0.39, 0.29) is 12.5 Å². The first-order valence-electron chi connectivity index (χ1n) is 11.1. The van der Waals surface area contributed by atoms with Gasteiger partial charge in [-0.15, -0.1) is 0 Å². The molecule has 36 heavy (non-hydrogen) atoms. The summed E-state index contributed by atoms with van der Waals surface area (Å²) >= 11 is 0. The standard InChI is InChI=1S/C23H30N2O5.C2H2O4/c1-17-6-5-7-19(12-17)30-16-23(26)25-10-8-24(9-11-25)15-18-13-21(28-3)22(29-4)14-20(18)27-2;3-1(4)2(5)6/h5-7,12-14H,8-11,15-16H2,1-4H3;(H,3,4)(H,5,6). The summed E-state index contributed by atoms with van der Waals surface area (Å²) in [7, 11) is 4.88. The van der Waals surface area contributed by atoms with Gasteiger partial charge in [0.1, 0.15) is 11.5 Å². The Morgan fingerprint density at radius 1 is 0.833 bits per heavy atom. The van der Waals surface area contributed by atoms with Crippen molar-refractivity contribution in [3.63, 3.8) is 0 Å². The summed E-state index contributed by atoms with van der Waals surface area (Å²) in [4.78, 5) is 34.9. The number of carboxylic acid groups (broad SMARTS) is 2. The minimum absolute atomic E-state index is 0.0138. The zero-order valence-electron chi connectivity index (χ0n) is 20.9. The van der Waals surface area contributed by atoms with Crippen LogP contribution < -0.4 is 18.9 Å². The lowest BCUT2D eigenvalue weighted by molar-refractivity contribution is -0.159. The number of carbonyl (C=O) groups is 3. The number of piperazine rings is 1. The highest BCUT2D eigenvalue weighted by molar-refractivity contribution is 6.27. The molecule has 0 saturated carbocycles. The topological polar surface area (TPSA) is 135 Å². The Bertz CT molecular complexity index is 1040. The first-order chi connectivity index (χ1) is 17.2. The number of amides is 1. The monoisotopic (exact) mass is 504 g/mol. The van der Waals surface area contributed by atoms with Crippen LogP contribution in [0.4, 0.5) is 0 Å². The van der Waals surface area contributed by atoms with Gasteiger partial charge < -0.3 is 34.1 Å². The normalized spacial score (nSPS) is 13.2. The van der Waals surface area contributed by atoms with E-state index >= 15 is 0 Å². The number of methoxy groups -OCH3 is 3. The van der Waals surface area contributed by atoms with Crippen LogP contribution in [0.1, 0.15) is 11.1 Å². The van der Waals surface area contributed by atoms with Crippen LogP contribution in [-0.2, 0) is 20.9 Å². The first kappa shape index (κ1) is 28.2. The highest BCUT2D eigenvalue weighted by Gasteiger charge is 2.23. The molecule has 1 aliphatic heterocycles. The molecule has 196 valence electrons. The van der Waals surface area contributed by atoms with Gasteiger partial charge in [0.2, 0.25) is 0 Å². The Kier molecular flexibility index (Phi) is 10.8. The Hall–Kier alpha value is -3.99. The third-order valence-electron chi connectivity index (χ3n) is 5.44. The van der Waals surface area contributed by atoms with E-state index in [9.17, 15) is 4.79 Å². The third-order valence-corrected chi connectivity index (χ3v) is 5.44. The summed E-state index contributed by atoms with van der Waals surface area (Å²) in [5.74, 6) is -0.831. The van der Waals surface area contributed by atoms with Gasteiger partial charge in [0.25, 0.3) is 5.91 Å². The molecular formula is C25H32N2O9. The van der Waals surface area contributed by atoms with Gasteiger partial charge in [0.15, 0.2) is 18.1 Å². The van der Waals surface area contributed by atoms with Crippen molar-refractivity contribution in [1.82, 2.24) is 9.80 Å². The lowest BCUT2D eigenvalue weighted by Crippen LogP contribution is -2.49. The van der Waals surface area contributed by atoms with Crippen molar-refractivity contribution in [2.45, 2.75) is 13.5 Å². The predicted octanol–water partition coefficient (Wildman–Crippen LogP) is 1.90. The van der Waals surface area contributed by atoms with E-state index in [4.69, 9.17) is 38.7 Å². The van der Waals surface area contributed by atoms with E-state index in [0.29, 0.717) is 31.1 Å². The van der Waals surface area contributed by atoms with Gasteiger partial charge in [-0.3, -0.25) is 9.69 Å². The molecule has 0 atom stereocenters. The predicted molar refractivity (Wildman–Crippen MR) is 130 cm³/mol. The fourth-order valence-electron chi connectivity index (χ4n) is 3.55. The van der Waals surface area contributed by atoms with Crippen molar-refractivity contribution >= 4 is 17.8 Å². The van der Waals surface area contributed by atoms with E-state index in [1.165, 1.54) is 0 Å². The maximum absolute atomic E-state index is 12.5. The van der Waals surface area contributed by atoms with Crippen LogP contribution >= 0.6 is 0 Å². The Morgan fingerprint density at radius 3 is 1.94 bits per heavy atom. The SMILES string of the molecule is COc1cc(OC)c(OC)cc1CN1CCN(C(=O)COc2cccc(C)c2)CC1.O=C(O)C(=O)O. The van der Waals surface area contributed by atoms with Crippen LogP contribution in [0.15, 0.2) is 36.4 Å². The molecule has 0 unspecified atom stereocenters. The quantitative estimate of drug-likeness (QED) is 0.513. The lowest BCUT2D eigenvalue weighted by Gasteiger charge is -2.35. The summed E-state index contributed by atoms with van der Waals surface area (Å²) < 4.78 is 22.0. The Morgan fingerprint density at radius 2 is 1.42 bits per heavy atom. The van der Waals surface area contributed by atoms with Crippen molar-refractivity contribution in [3.8, 4) is 23.0 Å². The first-order valence-corrected chi connectivity index (χ1v) is 11.1. The Labute approximate surface area is 209 Å². The molecule has 3 rings (SSSR count). The third kappa shape index (κ3) is 8.35. The van der Waals surface area contributed by atoms with E-state index in [0.717, 1.165) is 35.7 Å². The molecule has 1 saturated heterocycles. The summed E-state index contributed by atoms with van der Waals surface area (Å²) in [6, 6.07) is 11.5. The minimum Gasteiger partial charge on any atom is -0.496 e. The maximum Gasteiger partial charge on any atom is 0.414 e. The van der Waals surface area contributed by atoms with Crippen LogP contribution in [0.5, 0.6) is 23.0 Å². The van der Waals surface area contributed by atoms with Crippen molar-refractivity contribution in [2.24, 2.45) is 0 Å². The molecular weight excluding hydrogens is 472 g/mol. The molecule has 1 fully saturated rings. The molecule has 0 bridgehead atoms. The number of rotatable bonds is 8. The number of carboxylic acids is 2. The van der Waals surface area contributed by atoms with Crippen molar-refractivity contribution in [2.75, 3.05) is 54.1 Å². The average Bonchev–Trinajstić information content (AvgIpc) is 2.87. The molecule has 2 N–H and O–H groups in total. The van der Waals surface area contributed by atoms with Crippen LogP contribution in [0.2, 0.25) is 0 Å². The molecule has 0 aliphatic carbocycles. The number of hydrogen-bond donors (Lipinski definition) is 2. The second-order valence-electron chi connectivity index (χ2n) is 7.89. The molecule has 2 aromatic rings. The smallest absolute Gasteiger partial charge is 0.414 e. The summed E-state index contributed by atoms with van der Waals surface area (Å²) in [6.07, 6.45) is 0. The van der Waals surface area contributed by atoms with E-state index in [1.807, 2.05) is 48.2 Å². The van der Waals surface area contributed by atoms with Gasteiger partial charge >= 0.3 is 11.9 Å². The molecule has 11 heteroatoms. The Balaban J connectivity index is 0.000000678. The highest BCUT2D eigenvalue weighted by atomic mass is 16.5. The van der Waals surface area contributed by atoms with Crippen LogP contribution in [0, 0.1) is 6.92 Å². The fraction of sp³-hybridized carbons (Fsp3) is 0.400. The molecule has 1 aliphatic rings. The van der Waals surface area contributed by atoms with E-state index in [2.05, 4.69) is 4.90 Å². The number of hydrogen-bond acceptors (Lipinski definition) is 8. The number of nitrogens with zero attached hydrogens (tertiary/aromatic N) is 2. The molecule has 0 radical (unpaired) electrons. The van der Waals surface area contributed by atoms with E-state index in [1.54, 1.807) is 21.3 Å². The van der Waals surface area contributed by atoms with Crippen LogP contribution in [0.25, 0.3) is 0 Å². The fourth-order valence-corrected chi connectivity index (χ4v) is 3.55. The van der Waals surface area contributed by atoms with Gasteiger partial charge in [0.05, 0.1) is 21.3 Å².